The van der Waals surface area contributed by atoms with Crippen LogP contribution < -0.4 is 11.3 Å². The average molecular weight is 376 g/mol. The monoisotopic (exact) mass is 374 g/mol. The van der Waals surface area contributed by atoms with Crippen molar-refractivity contribution in [1.29, 1.82) is 0 Å². The number of hydrazine groups is 1. The molecule has 0 aliphatic carbocycles. The zero-order valence-electron chi connectivity index (χ0n) is 9.21. The lowest BCUT2D eigenvalue weighted by Gasteiger charge is -2.18. The zero-order valence-corrected chi connectivity index (χ0v) is 13.2. The van der Waals surface area contributed by atoms with E-state index >= 15 is 0 Å². The zero-order chi connectivity index (χ0) is 12.4. The van der Waals surface area contributed by atoms with Crippen molar-refractivity contribution in [2.75, 3.05) is 0 Å². The molecule has 0 aliphatic rings. The predicted molar refractivity (Wildman–Crippen MR) is 80.1 cm³/mol. The molecule has 17 heavy (non-hydrogen) atoms. The number of benzene rings is 1. The second-order valence-electron chi connectivity index (χ2n) is 3.80. The molecule has 0 amide bonds. The number of hydrogen-bond donors (Lipinski definition) is 2. The Hall–Kier alpha value is -0.200. The van der Waals surface area contributed by atoms with E-state index in [1.165, 1.54) is 5.56 Å². The van der Waals surface area contributed by atoms with Gasteiger partial charge in [0.25, 0.3) is 0 Å². The summed E-state index contributed by atoms with van der Waals surface area (Å²) in [5, 5.41) is 4.16. The molecule has 1 aromatic carbocycles. The Balaban J connectivity index is 2.49. The molecule has 0 spiro atoms. The molecule has 1 atom stereocenters. The maximum atomic E-state index is 5.70. The fraction of sp³-hybridized carbons (Fsp3) is 0.167. The Kier molecular flexibility index (Phi) is 4.38. The molecule has 2 nitrogen and oxygen atoms in total. The summed E-state index contributed by atoms with van der Waals surface area (Å²) in [6, 6.07) is 6.25. The summed E-state index contributed by atoms with van der Waals surface area (Å²) in [7, 11) is 0. The molecule has 1 unspecified atom stereocenters. The van der Waals surface area contributed by atoms with Gasteiger partial charge in [-0.1, -0.05) is 33.6 Å². The van der Waals surface area contributed by atoms with E-state index in [1.54, 1.807) is 11.3 Å². The standard InChI is InChI=1S/C12H12Br2N2S/c1-7-2-3-10(13)8(4-7)12(16-15)9-5-17-6-11(9)14/h2-6,12,16H,15H2,1H3. The molecule has 2 rings (SSSR count). The summed E-state index contributed by atoms with van der Waals surface area (Å²) in [5.74, 6) is 5.70. The summed E-state index contributed by atoms with van der Waals surface area (Å²) in [4.78, 5) is 0. The van der Waals surface area contributed by atoms with E-state index in [9.17, 15) is 0 Å². The van der Waals surface area contributed by atoms with Crippen LogP contribution in [-0.4, -0.2) is 0 Å². The Morgan fingerprint density at radius 2 is 1.94 bits per heavy atom. The van der Waals surface area contributed by atoms with E-state index in [0.717, 1.165) is 20.1 Å². The van der Waals surface area contributed by atoms with Gasteiger partial charge in [0.15, 0.2) is 0 Å². The van der Waals surface area contributed by atoms with Crippen LogP contribution >= 0.6 is 43.2 Å². The van der Waals surface area contributed by atoms with Crippen LogP contribution in [0.1, 0.15) is 22.7 Å². The smallest absolute Gasteiger partial charge is 0.0740 e. The highest BCUT2D eigenvalue weighted by atomic mass is 79.9. The third-order valence-corrected chi connectivity index (χ3v) is 5.06. The van der Waals surface area contributed by atoms with Crippen molar-refractivity contribution in [2.45, 2.75) is 13.0 Å². The number of aryl methyl sites for hydroxylation is 1. The van der Waals surface area contributed by atoms with Gasteiger partial charge in [-0.25, -0.2) is 5.43 Å². The normalized spacial score (nSPS) is 12.7. The molecule has 0 fully saturated rings. The van der Waals surface area contributed by atoms with Crippen LogP contribution in [0.4, 0.5) is 0 Å². The molecular formula is C12H12Br2N2S. The third kappa shape index (κ3) is 2.80. The van der Waals surface area contributed by atoms with E-state index in [2.05, 4.69) is 73.2 Å². The van der Waals surface area contributed by atoms with Crippen LogP contribution in [0.5, 0.6) is 0 Å². The van der Waals surface area contributed by atoms with Gasteiger partial charge in [0.1, 0.15) is 0 Å². The Labute approximate surface area is 121 Å². The third-order valence-electron chi connectivity index (χ3n) is 2.58. The van der Waals surface area contributed by atoms with Gasteiger partial charge in [0.2, 0.25) is 0 Å². The van der Waals surface area contributed by atoms with Crippen molar-refractivity contribution in [3.8, 4) is 0 Å². The second kappa shape index (κ2) is 5.63. The molecule has 0 aliphatic heterocycles. The minimum absolute atomic E-state index is 0.00935. The van der Waals surface area contributed by atoms with Crippen LogP contribution in [0.3, 0.4) is 0 Å². The van der Waals surface area contributed by atoms with Crippen molar-refractivity contribution < 1.29 is 0 Å². The van der Waals surface area contributed by atoms with E-state index in [-0.39, 0.29) is 6.04 Å². The lowest BCUT2D eigenvalue weighted by atomic mass is 10.0. The molecule has 90 valence electrons. The fourth-order valence-corrected chi connectivity index (χ4v) is 3.76. The fourth-order valence-electron chi connectivity index (χ4n) is 1.73. The van der Waals surface area contributed by atoms with Crippen molar-refractivity contribution in [2.24, 2.45) is 5.84 Å². The van der Waals surface area contributed by atoms with Gasteiger partial charge >= 0.3 is 0 Å². The molecule has 1 aromatic heterocycles. The Bertz CT molecular complexity index is 525. The van der Waals surface area contributed by atoms with Crippen molar-refractivity contribution in [1.82, 2.24) is 5.43 Å². The maximum Gasteiger partial charge on any atom is 0.0740 e. The van der Waals surface area contributed by atoms with Crippen LogP contribution in [0.15, 0.2) is 37.9 Å². The number of thiophene rings is 1. The lowest BCUT2D eigenvalue weighted by molar-refractivity contribution is 0.634. The molecule has 0 saturated heterocycles. The van der Waals surface area contributed by atoms with Gasteiger partial charge in [-0.3, -0.25) is 5.84 Å². The summed E-state index contributed by atoms with van der Waals surface area (Å²) < 4.78 is 2.14. The molecule has 0 bridgehead atoms. The van der Waals surface area contributed by atoms with E-state index in [4.69, 9.17) is 5.84 Å². The molecule has 3 N–H and O–H groups in total. The average Bonchev–Trinajstić information content (AvgIpc) is 2.71. The van der Waals surface area contributed by atoms with Crippen LogP contribution in [0.25, 0.3) is 0 Å². The summed E-state index contributed by atoms with van der Waals surface area (Å²) in [6.07, 6.45) is 0. The summed E-state index contributed by atoms with van der Waals surface area (Å²) in [5.41, 5.74) is 6.40. The number of rotatable bonds is 3. The van der Waals surface area contributed by atoms with Gasteiger partial charge in [-0.2, -0.15) is 11.3 Å². The molecule has 0 radical (unpaired) electrons. The second-order valence-corrected chi connectivity index (χ2v) is 6.25. The summed E-state index contributed by atoms with van der Waals surface area (Å²) in [6.45, 7) is 2.08. The van der Waals surface area contributed by atoms with Crippen LogP contribution in [-0.2, 0) is 0 Å². The minimum atomic E-state index is -0.00935. The first-order valence-corrected chi connectivity index (χ1v) is 7.60. The maximum absolute atomic E-state index is 5.70. The first-order chi connectivity index (χ1) is 8.13. The quantitative estimate of drug-likeness (QED) is 0.625. The predicted octanol–water partition coefficient (Wildman–Crippen LogP) is 4.13. The van der Waals surface area contributed by atoms with Crippen molar-refractivity contribution >= 4 is 43.2 Å². The van der Waals surface area contributed by atoms with Gasteiger partial charge in [-0.05, 0) is 45.4 Å². The van der Waals surface area contributed by atoms with Gasteiger partial charge < -0.3 is 0 Å². The highest BCUT2D eigenvalue weighted by molar-refractivity contribution is 9.10. The SMILES string of the molecule is Cc1ccc(Br)c(C(NN)c2cscc2Br)c1. The molecule has 1 heterocycles. The molecule has 2 aromatic rings. The minimum Gasteiger partial charge on any atom is -0.271 e. The van der Waals surface area contributed by atoms with Crippen LogP contribution in [0, 0.1) is 6.92 Å². The van der Waals surface area contributed by atoms with Crippen molar-refractivity contribution in [3.05, 3.63) is 54.6 Å². The van der Waals surface area contributed by atoms with Gasteiger partial charge in [0.05, 0.1) is 6.04 Å². The van der Waals surface area contributed by atoms with E-state index in [0.29, 0.717) is 0 Å². The summed E-state index contributed by atoms with van der Waals surface area (Å²) >= 11 is 8.78. The highest BCUT2D eigenvalue weighted by Gasteiger charge is 2.18. The van der Waals surface area contributed by atoms with Crippen molar-refractivity contribution in [3.63, 3.8) is 0 Å². The largest absolute Gasteiger partial charge is 0.271 e. The Morgan fingerprint density at radius 3 is 2.53 bits per heavy atom. The number of nitrogens with one attached hydrogen (secondary N) is 1. The van der Waals surface area contributed by atoms with Gasteiger partial charge in [0, 0.05) is 14.3 Å². The highest BCUT2D eigenvalue weighted by Crippen LogP contribution is 2.34. The first kappa shape index (κ1) is 13.2. The van der Waals surface area contributed by atoms with E-state index < -0.39 is 0 Å². The molecular weight excluding hydrogens is 364 g/mol. The molecule has 0 saturated carbocycles. The first-order valence-electron chi connectivity index (χ1n) is 5.07. The topological polar surface area (TPSA) is 38.0 Å². The number of hydrogen-bond acceptors (Lipinski definition) is 3. The number of halogens is 2. The van der Waals surface area contributed by atoms with Gasteiger partial charge in [-0.15, -0.1) is 0 Å². The molecule has 5 heteroatoms. The van der Waals surface area contributed by atoms with Crippen LogP contribution in [0.2, 0.25) is 0 Å². The Morgan fingerprint density at radius 1 is 1.18 bits per heavy atom. The lowest BCUT2D eigenvalue weighted by Crippen LogP contribution is -2.29. The van der Waals surface area contributed by atoms with E-state index in [1.807, 2.05) is 0 Å². The number of nitrogens with two attached hydrogens (primary N) is 1.